The van der Waals surface area contributed by atoms with Crippen LogP contribution in [0.1, 0.15) is 25.8 Å². The molecule has 1 N–H and O–H groups in total. The summed E-state index contributed by atoms with van der Waals surface area (Å²) in [5.41, 5.74) is 2.04. The summed E-state index contributed by atoms with van der Waals surface area (Å²) in [4.78, 5) is 18.1. The summed E-state index contributed by atoms with van der Waals surface area (Å²) in [7, 11) is 0. The Hall–Kier alpha value is -0.720. The molecule has 0 aromatic carbocycles. The van der Waals surface area contributed by atoms with Gasteiger partial charge in [0.2, 0.25) is 0 Å². The third-order valence-electron chi connectivity index (χ3n) is 2.33. The van der Waals surface area contributed by atoms with E-state index in [-0.39, 0.29) is 5.91 Å². The van der Waals surface area contributed by atoms with Gasteiger partial charge in [-0.1, -0.05) is 0 Å². The number of aryl methyl sites for hydroxylation is 3. The van der Waals surface area contributed by atoms with Gasteiger partial charge in [0.15, 0.2) is 5.13 Å². The van der Waals surface area contributed by atoms with Crippen molar-refractivity contribution in [2.75, 3.05) is 5.32 Å². The van der Waals surface area contributed by atoms with Gasteiger partial charge in [0, 0.05) is 4.88 Å². The predicted octanol–water partition coefficient (Wildman–Crippen LogP) is 4.14. The summed E-state index contributed by atoms with van der Waals surface area (Å²) >= 11 is 6.34. The van der Waals surface area contributed by atoms with E-state index >= 15 is 0 Å². The normalized spacial score (nSPS) is 10.6. The Morgan fingerprint density at radius 2 is 2.06 bits per heavy atom. The third kappa shape index (κ3) is 2.75. The van der Waals surface area contributed by atoms with Crippen LogP contribution >= 0.6 is 38.6 Å². The number of carbonyl (C=O) groups is 1. The van der Waals surface area contributed by atoms with Crippen LogP contribution in [0.2, 0.25) is 0 Å². The highest BCUT2D eigenvalue weighted by Crippen LogP contribution is 2.28. The molecule has 17 heavy (non-hydrogen) atoms. The van der Waals surface area contributed by atoms with E-state index in [1.807, 2.05) is 26.8 Å². The van der Waals surface area contributed by atoms with E-state index in [4.69, 9.17) is 0 Å². The average molecular weight is 331 g/mol. The van der Waals surface area contributed by atoms with Crippen molar-refractivity contribution >= 4 is 49.6 Å². The number of nitrogens with zero attached hydrogens (tertiary/aromatic N) is 1. The van der Waals surface area contributed by atoms with Crippen LogP contribution < -0.4 is 5.32 Å². The molecule has 3 nitrogen and oxygen atoms in total. The van der Waals surface area contributed by atoms with Crippen LogP contribution in [0.25, 0.3) is 0 Å². The van der Waals surface area contributed by atoms with Gasteiger partial charge in [0.05, 0.1) is 14.4 Å². The van der Waals surface area contributed by atoms with Crippen LogP contribution in [0.15, 0.2) is 9.85 Å². The molecular formula is C11H11BrN2OS2. The maximum Gasteiger partial charge on any atom is 0.267 e. The maximum atomic E-state index is 11.9. The van der Waals surface area contributed by atoms with Crippen molar-refractivity contribution < 1.29 is 4.79 Å². The first kappa shape index (κ1) is 12.7. The largest absolute Gasteiger partial charge is 0.297 e. The molecule has 90 valence electrons. The lowest BCUT2D eigenvalue weighted by molar-refractivity contribution is 0.103. The van der Waals surface area contributed by atoms with Crippen LogP contribution in [0, 0.1) is 20.8 Å². The number of hydrogen-bond acceptors (Lipinski definition) is 4. The lowest BCUT2D eigenvalue weighted by Gasteiger charge is -1.97. The zero-order chi connectivity index (χ0) is 12.6. The number of thiazole rings is 1. The zero-order valence-corrected chi connectivity index (χ0v) is 12.8. The summed E-state index contributed by atoms with van der Waals surface area (Å²) in [6.45, 7) is 5.90. The molecule has 0 spiro atoms. The minimum absolute atomic E-state index is 0.0995. The summed E-state index contributed by atoms with van der Waals surface area (Å²) in [5, 5.41) is 3.48. The van der Waals surface area contributed by atoms with E-state index in [0.717, 1.165) is 19.9 Å². The van der Waals surface area contributed by atoms with E-state index in [0.29, 0.717) is 10.0 Å². The van der Waals surface area contributed by atoms with Crippen LogP contribution in [0.4, 0.5) is 5.13 Å². The van der Waals surface area contributed by atoms with Crippen LogP contribution in [0.3, 0.4) is 0 Å². The maximum absolute atomic E-state index is 11.9. The number of halogens is 1. The molecule has 0 unspecified atom stereocenters. The number of thiophene rings is 1. The van der Waals surface area contributed by atoms with Gasteiger partial charge >= 0.3 is 0 Å². The van der Waals surface area contributed by atoms with Crippen molar-refractivity contribution in [1.82, 2.24) is 4.98 Å². The van der Waals surface area contributed by atoms with Crippen LogP contribution in [-0.2, 0) is 0 Å². The zero-order valence-electron chi connectivity index (χ0n) is 9.63. The molecule has 2 rings (SSSR count). The first-order valence-corrected chi connectivity index (χ1v) is 7.41. The van der Waals surface area contributed by atoms with Crippen molar-refractivity contribution in [1.29, 1.82) is 0 Å². The summed E-state index contributed by atoms with van der Waals surface area (Å²) in [6, 6.07) is 1.87. The molecule has 1 amide bonds. The van der Waals surface area contributed by atoms with Crippen molar-refractivity contribution in [3.8, 4) is 0 Å². The standard InChI is InChI=1S/C11H11BrN2OS2/c1-5-4-8(17-9(5)12)10(15)14-11-13-6(2)7(3)16-11/h4H,1-3H3,(H,13,14,15). The van der Waals surface area contributed by atoms with Gasteiger partial charge in [0.1, 0.15) is 0 Å². The predicted molar refractivity (Wildman–Crippen MR) is 76.3 cm³/mol. The molecule has 0 saturated heterocycles. The molecule has 0 aliphatic carbocycles. The molecule has 0 bridgehead atoms. The lowest BCUT2D eigenvalue weighted by Crippen LogP contribution is -2.09. The van der Waals surface area contributed by atoms with Gasteiger partial charge < -0.3 is 0 Å². The molecule has 0 aliphatic heterocycles. The van der Waals surface area contributed by atoms with Gasteiger partial charge in [-0.2, -0.15) is 0 Å². The molecule has 2 aromatic rings. The van der Waals surface area contributed by atoms with Crippen molar-refractivity contribution in [3.05, 3.63) is 30.9 Å². The Kier molecular flexibility index (Phi) is 3.65. The van der Waals surface area contributed by atoms with Crippen LogP contribution in [-0.4, -0.2) is 10.9 Å². The van der Waals surface area contributed by atoms with Gasteiger partial charge in [-0.25, -0.2) is 4.98 Å². The third-order valence-corrected chi connectivity index (χ3v) is 5.45. The van der Waals surface area contributed by atoms with Crippen LogP contribution in [0.5, 0.6) is 0 Å². The Balaban J connectivity index is 2.16. The number of aromatic nitrogens is 1. The molecule has 2 heterocycles. The van der Waals surface area contributed by atoms with Crippen molar-refractivity contribution in [3.63, 3.8) is 0 Å². The molecule has 0 saturated carbocycles. The smallest absolute Gasteiger partial charge is 0.267 e. The lowest BCUT2D eigenvalue weighted by atomic mass is 10.3. The highest BCUT2D eigenvalue weighted by atomic mass is 79.9. The van der Waals surface area contributed by atoms with E-state index < -0.39 is 0 Å². The number of hydrogen-bond donors (Lipinski definition) is 1. The monoisotopic (exact) mass is 330 g/mol. The fourth-order valence-electron chi connectivity index (χ4n) is 1.26. The second-order valence-electron chi connectivity index (χ2n) is 3.68. The molecule has 0 radical (unpaired) electrons. The van der Waals surface area contributed by atoms with Crippen molar-refractivity contribution in [2.45, 2.75) is 20.8 Å². The second kappa shape index (κ2) is 4.88. The number of rotatable bonds is 2. The van der Waals surface area contributed by atoms with Gasteiger partial charge in [-0.15, -0.1) is 22.7 Å². The molecule has 6 heteroatoms. The minimum Gasteiger partial charge on any atom is -0.297 e. The first-order chi connectivity index (χ1) is 7.97. The SMILES string of the molecule is Cc1cc(C(=O)Nc2nc(C)c(C)s2)sc1Br. The number of anilines is 1. The summed E-state index contributed by atoms with van der Waals surface area (Å²) < 4.78 is 0.995. The molecule has 0 aliphatic rings. The highest BCUT2D eigenvalue weighted by Gasteiger charge is 2.13. The van der Waals surface area contributed by atoms with Gasteiger partial charge in [-0.05, 0) is 48.3 Å². The van der Waals surface area contributed by atoms with Gasteiger partial charge in [0.25, 0.3) is 5.91 Å². The molecule has 0 fully saturated rings. The Morgan fingerprint density at radius 3 is 2.53 bits per heavy atom. The van der Waals surface area contributed by atoms with E-state index in [2.05, 4.69) is 26.2 Å². The number of carbonyl (C=O) groups excluding carboxylic acids is 1. The average Bonchev–Trinajstić information content (AvgIpc) is 2.73. The topological polar surface area (TPSA) is 42.0 Å². The molecule has 2 aromatic heterocycles. The second-order valence-corrected chi connectivity index (χ2v) is 7.26. The molecule has 0 atom stereocenters. The Morgan fingerprint density at radius 1 is 1.35 bits per heavy atom. The van der Waals surface area contributed by atoms with Crippen molar-refractivity contribution in [2.24, 2.45) is 0 Å². The molecular weight excluding hydrogens is 320 g/mol. The first-order valence-electron chi connectivity index (χ1n) is 4.98. The van der Waals surface area contributed by atoms with E-state index in [9.17, 15) is 4.79 Å². The van der Waals surface area contributed by atoms with E-state index in [1.165, 1.54) is 22.7 Å². The minimum atomic E-state index is -0.0995. The summed E-state index contributed by atoms with van der Waals surface area (Å²) in [5.74, 6) is -0.0995. The number of amides is 1. The summed E-state index contributed by atoms with van der Waals surface area (Å²) in [6.07, 6.45) is 0. The number of nitrogens with one attached hydrogen (secondary N) is 1. The van der Waals surface area contributed by atoms with E-state index in [1.54, 1.807) is 0 Å². The Bertz CT molecular complexity index is 535. The quantitative estimate of drug-likeness (QED) is 0.898. The Labute approximate surface area is 116 Å². The van der Waals surface area contributed by atoms with Gasteiger partial charge in [-0.3, -0.25) is 10.1 Å². The fraction of sp³-hybridized carbons (Fsp3) is 0.273. The highest BCUT2D eigenvalue weighted by molar-refractivity contribution is 9.11. The fourth-order valence-corrected chi connectivity index (χ4v) is 3.50.